The normalized spacial score (nSPS) is 18.4. The molecule has 1 aliphatic heterocycles. The van der Waals surface area contributed by atoms with E-state index in [1.54, 1.807) is 16.2 Å². The zero-order valence-corrected chi connectivity index (χ0v) is 17.3. The third-order valence-electron chi connectivity index (χ3n) is 4.95. The molecule has 1 saturated heterocycles. The number of hydrogen-bond donors (Lipinski definition) is 0. The van der Waals surface area contributed by atoms with Gasteiger partial charge in [-0.1, -0.05) is 19.1 Å². The van der Waals surface area contributed by atoms with E-state index in [9.17, 15) is 13.2 Å². The van der Waals surface area contributed by atoms with E-state index in [1.165, 1.54) is 5.56 Å². The highest BCUT2D eigenvalue weighted by Crippen LogP contribution is 2.24. The van der Waals surface area contributed by atoms with Crippen LogP contribution >= 0.6 is 11.3 Å². The van der Waals surface area contributed by atoms with Crippen molar-refractivity contribution >= 4 is 27.1 Å². The smallest absolute Gasteiger partial charge is 0.261 e. The van der Waals surface area contributed by atoms with Crippen LogP contribution in [0.1, 0.15) is 29.3 Å². The molecule has 27 heavy (non-hydrogen) atoms. The van der Waals surface area contributed by atoms with Crippen molar-refractivity contribution in [2.45, 2.75) is 39.3 Å². The first-order chi connectivity index (χ1) is 12.9. The molecule has 1 aromatic heterocycles. The number of thiophene rings is 1. The first-order valence-corrected chi connectivity index (χ1v) is 11.8. The predicted octanol–water partition coefficient (Wildman–Crippen LogP) is 3.21. The highest BCUT2D eigenvalue weighted by Gasteiger charge is 2.35. The van der Waals surface area contributed by atoms with E-state index in [2.05, 4.69) is 6.92 Å². The molecule has 1 amide bonds. The topological polar surface area (TPSA) is 63.7 Å². The molecule has 1 aromatic carbocycles. The van der Waals surface area contributed by atoms with E-state index in [4.69, 9.17) is 4.74 Å². The van der Waals surface area contributed by atoms with Crippen LogP contribution in [0.15, 0.2) is 35.7 Å². The number of amides is 1. The molecular weight excluding hydrogens is 382 g/mol. The summed E-state index contributed by atoms with van der Waals surface area (Å²) in [4.78, 5) is 15.7. The molecule has 0 spiro atoms. The van der Waals surface area contributed by atoms with Crippen molar-refractivity contribution < 1.29 is 17.9 Å². The third kappa shape index (κ3) is 5.11. The van der Waals surface area contributed by atoms with Gasteiger partial charge < -0.3 is 9.64 Å². The Morgan fingerprint density at radius 2 is 2.00 bits per heavy atom. The predicted molar refractivity (Wildman–Crippen MR) is 108 cm³/mol. The van der Waals surface area contributed by atoms with Crippen molar-refractivity contribution in [1.82, 2.24) is 4.90 Å². The van der Waals surface area contributed by atoms with Crippen molar-refractivity contribution in [2.75, 3.05) is 18.1 Å². The largest absolute Gasteiger partial charge is 0.484 e. The van der Waals surface area contributed by atoms with Crippen LogP contribution in [-0.4, -0.2) is 43.4 Å². The molecule has 0 bridgehead atoms. The summed E-state index contributed by atoms with van der Waals surface area (Å²) in [5.41, 5.74) is 2.33. The molecule has 1 aliphatic rings. The van der Waals surface area contributed by atoms with E-state index >= 15 is 0 Å². The van der Waals surface area contributed by atoms with Gasteiger partial charge in [0, 0.05) is 10.9 Å². The van der Waals surface area contributed by atoms with E-state index in [1.807, 2.05) is 42.6 Å². The average molecular weight is 408 g/mol. The van der Waals surface area contributed by atoms with Crippen molar-refractivity contribution in [3.8, 4) is 5.75 Å². The number of rotatable bonds is 7. The number of aryl methyl sites for hydroxylation is 2. The number of ether oxygens (including phenoxy) is 1. The fraction of sp³-hybridized carbons (Fsp3) is 0.450. The Hall–Kier alpha value is -1.86. The lowest BCUT2D eigenvalue weighted by Crippen LogP contribution is -2.43. The van der Waals surface area contributed by atoms with Crippen LogP contribution in [0.5, 0.6) is 5.75 Å². The number of carbonyl (C=O) groups is 1. The summed E-state index contributed by atoms with van der Waals surface area (Å²) in [5, 5.41) is 1.99. The van der Waals surface area contributed by atoms with Crippen LogP contribution in [0, 0.1) is 6.92 Å². The van der Waals surface area contributed by atoms with Gasteiger partial charge in [-0.05, 0) is 54.5 Å². The van der Waals surface area contributed by atoms with E-state index in [0.29, 0.717) is 18.7 Å². The number of sulfone groups is 1. The van der Waals surface area contributed by atoms with Gasteiger partial charge in [0.2, 0.25) is 0 Å². The summed E-state index contributed by atoms with van der Waals surface area (Å²) >= 11 is 1.59. The summed E-state index contributed by atoms with van der Waals surface area (Å²) in [6.45, 7) is 4.43. The quantitative estimate of drug-likeness (QED) is 0.707. The summed E-state index contributed by atoms with van der Waals surface area (Å²) in [6.07, 6.45) is 1.44. The molecule has 146 valence electrons. The molecule has 2 aromatic rings. The summed E-state index contributed by atoms with van der Waals surface area (Å²) in [5.74, 6) is 0.648. The zero-order valence-electron chi connectivity index (χ0n) is 15.7. The minimum atomic E-state index is -3.07. The van der Waals surface area contributed by atoms with Gasteiger partial charge >= 0.3 is 0 Å². The minimum Gasteiger partial charge on any atom is -0.484 e. The summed E-state index contributed by atoms with van der Waals surface area (Å²) < 4.78 is 29.5. The van der Waals surface area contributed by atoms with Gasteiger partial charge in [0.1, 0.15) is 5.75 Å². The third-order valence-corrected chi connectivity index (χ3v) is 7.70. The number of benzene rings is 1. The fourth-order valence-electron chi connectivity index (χ4n) is 3.21. The Labute approximate surface area is 164 Å². The van der Waals surface area contributed by atoms with Crippen LogP contribution in [0.3, 0.4) is 0 Å². The molecule has 5 nitrogen and oxygen atoms in total. The van der Waals surface area contributed by atoms with Gasteiger partial charge in [-0.25, -0.2) is 8.42 Å². The van der Waals surface area contributed by atoms with Crippen LogP contribution < -0.4 is 4.74 Å². The number of nitrogens with zero attached hydrogens (tertiary/aromatic N) is 1. The Morgan fingerprint density at radius 3 is 2.56 bits per heavy atom. The van der Waals surface area contributed by atoms with Gasteiger partial charge in [-0.3, -0.25) is 4.79 Å². The second kappa shape index (κ2) is 8.44. The van der Waals surface area contributed by atoms with Crippen LogP contribution in [0.4, 0.5) is 0 Å². The second-order valence-corrected chi connectivity index (χ2v) is 10.1. The Bertz CT molecular complexity index is 887. The van der Waals surface area contributed by atoms with Gasteiger partial charge in [0.05, 0.1) is 18.1 Å². The second-order valence-electron chi connectivity index (χ2n) is 6.89. The SMILES string of the molecule is CCc1ccc(OCC(=O)N(Cc2sccc2C)C2CCS(=O)(=O)C2)cc1. The van der Waals surface area contributed by atoms with E-state index in [-0.39, 0.29) is 30.1 Å². The molecule has 0 aliphatic carbocycles. The number of hydrogen-bond acceptors (Lipinski definition) is 5. The lowest BCUT2D eigenvalue weighted by molar-refractivity contribution is -0.135. The highest BCUT2D eigenvalue weighted by atomic mass is 32.2. The minimum absolute atomic E-state index is 0.0361. The van der Waals surface area contributed by atoms with Gasteiger partial charge in [0.15, 0.2) is 16.4 Å². The molecule has 2 heterocycles. The van der Waals surface area contributed by atoms with Crippen molar-refractivity contribution in [3.63, 3.8) is 0 Å². The van der Waals surface area contributed by atoms with E-state index < -0.39 is 9.84 Å². The maximum atomic E-state index is 12.9. The number of carbonyl (C=O) groups excluding carboxylic acids is 1. The molecule has 0 N–H and O–H groups in total. The first-order valence-electron chi connectivity index (χ1n) is 9.12. The van der Waals surface area contributed by atoms with Gasteiger partial charge in [-0.15, -0.1) is 11.3 Å². The molecule has 7 heteroatoms. The average Bonchev–Trinajstić information content (AvgIpc) is 3.22. The lowest BCUT2D eigenvalue weighted by Gasteiger charge is -2.28. The standard InChI is InChI=1S/C20H25NO4S2/c1-3-16-4-6-18(7-5-16)25-13-20(22)21(12-19-15(2)8-10-26-19)17-9-11-27(23,24)14-17/h4-8,10,17H,3,9,11-14H2,1-2H3. The first kappa shape index (κ1) is 19.9. The lowest BCUT2D eigenvalue weighted by atomic mass is 10.2. The molecule has 0 radical (unpaired) electrons. The van der Waals surface area contributed by atoms with Crippen molar-refractivity contribution in [2.24, 2.45) is 0 Å². The molecule has 1 fully saturated rings. The Kier molecular flexibility index (Phi) is 6.22. The van der Waals surface area contributed by atoms with Gasteiger partial charge in [-0.2, -0.15) is 0 Å². The molecule has 1 unspecified atom stereocenters. The van der Waals surface area contributed by atoms with Crippen molar-refractivity contribution in [1.29, 1.82) is 0 Å². The van der Waals surface area contributed by atoms with Crippen LogP contribution in [-0.2, 0) is 27.6 Å². The van der Waals surface area contributed by atoms with E-state index in [0.717, 1.165) is 16.9 Å². The maximum absolute atomic E-state index is 12.9. The summed E-state index contributed by atoms with van der Waals surface area (Å²) in [7, 11) is -3.07. The van der Waals surface area contributed by atoms with Crippen LogP contribution in [0.2, 0.25) is 0 Å². The molecule has 0 saturated carbocycles. The monoisotopic (exact) mass is 407 g/mol. The maximum Gasteiger partial charge on any atom is 0.261 e. The summed E-state index contributed by atoms with van der Waals surface area (Å²) in [6, 6.07) is 9.42. The van der Waals surface area contributed by atoms with Crippen molar-refractivity contribution in [3.05, 3.63) is 51.7 Å². The molecule has 1 atom stereocenters. The Morgan fingerprint density at radius 1 is 1.26 bits per heavy atom. The molecule has 3 rings (SSSR count). The fourth-order valence-corrected chi connectivity index (χ4v) is 5.85. The highest BCUT2D eigenvalue weighted by molar-refractivity contribution is 7.91. The molecular formula is C20H25NO4S2. The Balaban J connectivity index is 1.70. The van der Waals surface area contributed by atoms with Gasteiger partial charge in [0.25, 0.3) is 5.91 Å². The van der Waals surface area contributed by atoms with Crippen LogP contribution in [0.25, 0.3) is 0 Å². The zero-order chi connectivity index (χ0) is 19.4.